The zero-order valence-electron chi connectivity index (χ0n) is 14.1. The first-order valence-electron chi connectivity index (χ1n) is 8.64. The molecule has 0 spiro atoms. The summed E-state index contributed by atoms with van der Waals surface area (Å²) >= 11 is 0. The molecule has 0 unspecified atom stereocenters. The summed E-state index contributed by atoms with van der Waals surface area (Å²) in [5.74, 6) is -0.00858. The van der Waals surface area contributed by atoms with Crippen molar-refractivity contribution in [3.63, 3.8) is 0 Å². The first-order chi connectivity index (χ1) is 11.7. The summed E-state index contributed by atoms with van der Waals surface area (Å²) in [7, 11) is 0. The molecular formula is C18H25N5O. The van der Waals surface area contributed by atoms with E-state index < -0.39 is 0 Å². The number of hydrogen-bond acceptors (Lipinski definition) is 4. The fourth-order valence-corrected chi connectivity index (χ4v) is 3.22. The largest absolute Gasteiger partial charge is 0.353 e. The molecule has 1 aromatic heterocycles. The van der Waals surface area contributed by atoms with Gasteiger partial charge in [-0.15, -0.1) is 0 Å². The molecule has 3 rings (SSSR count). The third-order valence-electron chi connectivity index (χ3n) is 4.70. The van der Waals surface area contributed by atoms with Crippen molar-refractivity contribution in [1.82, 2.24) is 25.0 Å². The van der Waals surface area contributed by atoms with E-state index in [-0.39, 0.29) is 11.9 Å². The van der Waals surface area contributed by atoms with Crippen molar-refractivity contribution in [3.8, 4) is 0 Å². The molecule has 0 radical (unpaired) electrons. The summed E-state index contributed by atoms with van der Waals surface area (Å²) in [6.45, 7) is 4.56. The standard InChI is InChI=1S/C18H25N5O/c1-15(23-14-19-13-21-23)18(24)20-11-17-9-5-6-10-22(17)12-16-7-3-2-4-8-16/h2-4,7-8,13-15,17H,5-6,9-12H2,1H3,(H,20,24)/t15-,17-/m0/s1. The topological polar surface area (TPSA) is 63.1 Å². The van der Waals surface area contributed by atoms with Crippen LogP contribution in [0.25, 0.3) is 0 Å². The van der Waals surface area contributed by atoms with Gasteiger partial charge in [-0.25, -0.2) is 9.67 Å². The molecule has 1 aromatic carbocycles. The lowest BCUT2D eigenvalue weighted by Gasteiger charge is -2.36. The molecule has 2 heterocycles. The molecule has 6 heteroatoms. The monoisotopic (exact) mass is 327 g/mol. The highest BCUT2D eigenvalue weighted by Gasteiger charge is 2.24. The van der Waals surface area contributed by atoms with Gasteiger partial charge in [-0.3, -0.25) is 9.69 Å². The molecule has 1 amide bonds. The number of benzene rings is 1. The van der Waals surface area contributed by atoms with Crippen molar-refractivity contribution in [2.45, 2.75) is 44.8 Å². The molecule has 1 saturated heterocycles. The molecule has 1 aliphatic heterocycles. The van der Waals surface area contributed by atoms with E-state index in [2.05, 4.69) is 44.6 Å². The van der Waals surface area contributed by atoms with Crippen molar-refractivity contribution in [2.75, 3.05) is 13.1 Å². The van der Waals surface area contributed by atoms with E-state index in [0.717, 1.165) is 19.5 Å². The number of aromatic nitrogens is 3. The maximum absolute atomic E-state index is 12.3. The lowest BCUT2D eigenvalue weighted by Crippen LogP contribution is -2.47. The molecular weight excluding hydrogens is 302 g/mol. The van der Waals surface area contributed by atoms with Gasteiger partial charge < -0.3 is 5.32 Å². The predicted octanol–water partition coefficient (Wildman–Crippen LogP) is 2.01. The van der Waals surface area contributed by atoms with E-state index in [1.807, 2.05) is 13.0 Å². The van der Waals surface area contributed by atoms with Gasteiger partial charge in [0.25, 0.3) is 0 Å². The van der Waals surface area contributed by atoms with E-state index in [4.69, 9.17) is 0 Å². The highest BCUT2D eigenvalue weighted by molar-refractivity contribution is 5.79. The minimum atomic E-state index is -0.335. The highest BCUT2D eigenvalue weighted by atomic mass is 16.2. The van der Waals surface area contributed by atoms with Crippen LogP contribution >= 0.6 is 0 Å². The summed E-state index contributed by atoms with van der Waals surface area (Å²) in [6, 6.07) is 10.6. The molecule has 0 bridgehead atoms. The van der Waals surface area contributed by atoms with Crippen LogP contribution in [0.5, 0.6) is 0 Å². The number of likely N-dealkylation sites (tertiary alicyclic amines) is 1. The van der Waals surface area contributed by atoms with Crippen molar-refractivity contribution in [2.24, 2.45) is 0 Å². The van der Waals surface area contributed by atoms with Gasteiger partial charge in [0.1, 0.15) is 18.7 Å². The zero-order chi connectivity index (χ0) is 16.8. The maximum atomic E-state index is 12.3. The van der Waals surface area contributed by atoms with Gasteiger partial charge >= 0.3 is 0 Å². The molecule has 24 heavy (non-hydrogen) atoms. The molecule has 1 aliphatic rings. The van der Waals surface area contributed by atoms with Crippen LogP contribution in [0.1, 0.15) is 37.8 Å². The van der Waals surface area contributed by atoms with E-state index in [0.29, 0.717) is 12.6 Å². The number of nitrogens with one attached hydrogen (secondary N) is 1. The Morgan fingerprint density at radius 2 is 2.17 bits per heavy atom. The maximum Gasteiger partial charge on any atom is 0.244 e. The van der Waals surface area contributed by atoms with Crippen molar-refractivity contribution >= 4 is 5.91 Å². The second kappa shape index (κ2) is 8.06. The number of carbonyl (C=O) groups is 1. The van der Waals surface area contributed by atoms with Crippen LogP contribution in [-0.2, 0) is 11.3 Å². The average Bonchev–Trinajstić information content (AvgIpc) is 3.15. The first kappa shape index (κ1) is 16.6. The van der Waals surface area contributed by atoms with Gasteiger partial charge in [-0.05, 0) is 31.9 Å². The summed E-state index contributed by atoms with van der Waals surface area (Å²) in [5.41, 5.74) is 1.33. The second-order valence-corrected chi connectivity index (χ2v) is 6.40. The summed E-state index contributed by atoms with van der Waals surface area (Å²) in [5, 5.41) is 7.12. The minimum absolute atomic E-state index is 0.00858. The molecule has 2 aromatic rings. The number of hydrogen-bond donors (Lipinski definition) is 1. The summed E-state index contributed by atoms with van der Waals surface area (Å²) in [4.78, 5) is 18.7. The summed E-state index contributed by atoms with van der Waals surface area (Å²) < 4.78 is 1.58. The molecule has 2 atom stereocenters. The van der Waals surface area contributed by atoms with Crippen LogP contribution in [0.15, 0.2) is 43.0 Å². The molecule has 1 fully saturated rings. The van der Waals surface area contributed by atoms with Gasteiger partial charge in [-0.2, -0.15) is 5.10 Å². The van der Waals surface area contributed by atoms with Crippen molar-refractivity contribution in [3.05, 3.63) is 48.5 Å². The minimum Gasteiger partial charge on any atom is -0.353 e. The van der Waals surface area contributed by atoms with Gasteiger partial charge in [0, 0.05) is 19.1 Å². The number of carbonyl (C=O) groups excluding carboxylic acids is 1. The normalized spacial score (nSPS) is 19.8. The number of amides is 1. The van der Waals surface area contributed by atoms with Gasteiger partial charge in [0.05, 0.1) is 0 Å². The molecule has 6 nitrogen and oxygen atoms in total. The first-order valence-corrected chi connectivity index (χ1v) is 8.64. The number of nitrogens with zero attached hydrogens (tertiary/aromatic N) is 4. The van der Waals surface area contributed by atoms with E-state index in [1.54, 1.807) is 11.0 Å². The fraction of sp³-hybridized carbons (Fsp3) is 0.500. The summed E-state index contributed by atoms with van der Waals surface area (Å²) in [6.07, 6.45) is 6.61. The molecule has 0 aliphatic carbocycles. The van der Waals surface area contributed by atoms with E-state index in [9.17, 15) is 4.79 Å². The number of rotatable bonds is 6. The van der Waals surface area contributed by atoms with Crippen LogP contribution in [0.3, 0.4) is 0 Å². The van der Waals surface area contributed by atoms with Crippen molar-refractivity contribution < 1.29 is 4.79 Å². The average molecular weight is 327 g/mol. The quantitative estimate of drug-likeness (QED) is 0.881. The molecule has 1 N–H and O–H groups in total. The zero-order valence-corrected chi connectivity index (χ0v) is 14.1. The predicted molar refractivity (Wildman–Crippen MR) is 92.2 cm³/mol. The Bertz CT molecular complexity index is 628. The van der Waals surface area contributed by atoms with Crippen molar-refractivity contribution in [1.29, 1.82) is 0 Å². The third-order valence-corrected chi connectivity index (χ3v) is 4.70. The lowest BCUT2D eigenvalue weighted by molar-refractivity contribution is -0.124. The fourth-order valence-electron chi connectivity index (χ4n) is 3.22. The Morgan fingerprint density at radius 1 is 1.33 bits per heavy atom. The molecule has 128 valence electrons. The third kappa shape index (κ3) is 4.20. The van der Waals surface area contributed by atoms with E-state index >= 15 is 0 Å². The van der Waals surface area contributed by atoms with Crippen LogP contribution in [-0.4, -0.2) is 44.7 Å². The highest BCUT2D eigenvalue weighted by Crippen LogP contribution is 2.19. The van der Waals surface area contributed by atoms with Crippen LogP contribution in [0.4, 0.5) is 0 Å². The van der Waals surface area contributed by atoms with Crippen LogP contribution in [0.2, 0.25) is 0 Å². The van der Waals surface area contributed by atoms with E-state index in [1.165, 1.54) is 24.7 Å². The number of piperidine rings is 1. The lowest BCUT2D eigenvalue weighted by atomic mass is 10.0. The van der Waals surface area contributed by atoms with Gasteiger partial charge in [0.2, 0.25) is 5.91 Å². The Balaban J connectivity index is 1.55. The second-order valence-electron chi connectivity index (χ2n) is 6.40. The van der Waals surface area contributed by atoms with Crippen LogP contribution in [0, 0.1) is 0 Å². The van der Waals surface area contributed by atoms with Gasteiger partial charge in [-0.1, -0.05) is 36.8 Å². The smallest absolute Gasteiger partial charge is 0.244 e. The Morgan fingerprint density at radius 3 is 2.92 bits per heavy atom. The Labute approximate surface area is 142 Å². The van der Waals surface area contributed by atoms with Crippen LogP contribution < -0.4 is 5.32 Å². The SMILES string of the molecule is C[C@@H](C(=O)NC[C@@H]1CCCCN1Cc1ccccc1)n1cncn1. The van der Waals surface area contributed by atoms with Gasteiger partial charge in [0.15, 0.2) is 0 Å². The Kier molecular flexibility index (Phi) is 5.59. The molecule has 0 saturated carbocycles. The Hall–Kier alpha value is -2.21.